The van der Waals surface area contributed by atoms with Crippen molar-refractivity contribution in [2.24, 2.45) is 11.1 Å². The topological polar surface area (TPSA) is 269 Å². The molecule has 8 atom stereocenters. The summed E-state index contributed by atoms with van der Waals surface area (Å²) >= 11 is 6.81. The number of carbonyl (C=O) groups is 6. The largest absolute Gasteiger partial charge is 0.495 e. The molecular weight excluding hydrogens is 976 g/mol. The zero-order valence-electron chi connectivity index (χ0n) is 43.6. The summed E-state index contributed by atoms with van der Waals surface area (Å²) in [4.78, 5) is 82.7. The van der Waals surface area contributed by atoms with Crippen LogP contribution >= 0.6 is 11.6 Å². The Bertz CT molecular complexity index is 2200. The van der Waals surface area contributed by atoms with Gasteiger partial charge in [-0.1, -0.05) is 42.3 Å². The number of esters is 1. The first-order valence-electron chi connectivity index (χ1n) is 24.4. The Labute approximate surface area is 432 Å². The third kappa shape index (κ3) is 15.1. The van der Waals surface area contributed by atoms with Crippen molar-refractivity contribution in [2.45, 2.75) is 114 Å². The minimum absolute atomic E-state index is 0.00360. The Balaban J connectivity index is 1.14. The van der Waals surface area contributed by atoms with Crippen molar-refractivity contribution in [3.8, 4) is 5.75 Å². The molecule has 0 radical (unpaired) electrons. The molecule has 22 nitrogen and oxygen atoms in total. The molecule has 4 bridgehead atoms. The number of amides is 5. The number of halogens is 1. The van der Waals surface area contributed by atoms with Crippen LogP contribution in [0.5, 0.6) is 5.75 Å². The highest BCUT2D eigenvalue weighted by Gasteiger charge is 2.83. The summed E-state index contributed by atoms with van der Waals surface area (Å²) in [6, 6.07) is 3.52. The van der Waals surface area contributed by atoms with E-state index in [1.807, 2.05) is 19.9 Å². The number of benzene rings is 1. The minimum atomic E-state index is -1.89. The van der Waals surface area contributed by atoms with Crippen LogP contribution in [0.25, 0.3) is 0 Å². The fourth-order valence-corrected chi connectivity index (χ4v) is 9.56. The van der Waals surface area contributed by atoms with Crippen LogP contribution in [0.15, 0.2) is 35.9 Å². The van der Waals surface area contributed by atoms with Gasteiger partial charge in [0.1, 0.15) is 40.3 Å². The van der Waals surface area contributed by atoms with Crippen LogP contribution < -0.4 is 26.0 Å². The minimum Gasteiger partial charge on any atom is -0.495 e. The number of alkyl carbamates (subject to hydrolysis) is 1. The van der Waals surface area contributed by atoms with E-state index in [4.69, 9.17) is 60.0 Å². The Kier molecular flexibility index (Phi) is 21.0. The average Bonchev–Trinajstić information content (AvgIpc) is 4.20. The number of fused-ring (bicyclic) bond motifs is 5. The zero-order chi connectivity index (χ0) is 53.7. The van der Waals surface area contributed by atoms with Gasteiger partial charge >= 0.3 is 12.1 Å². The van der Waals surface area contributed by atoms with E-state index in [1.165, 1.54) is 38.1 Å². The first-order chi connectivity index (χ1) is 34.5. The van der Waals surface area contributed by atoms with Crippen molar-refractivity contribution < 1.29 is 76.5 Å². The molecule has 408 valence electrons. The lowest BCUT2D eigenvalue weighted by Gasteiger charge is -2.42. The molecule has 1 spiro atoms. The van der Waals surface area contributed by atoms with Gasteiger partial charge in [-0.3, -0.25) is 24.5 Å². The van der Waals surface area contributed by atoms with Gasteiger partial charge in [-0.15, -0.1) is 0 Å². The summed E-state index contributed by atoms with van der Waals surface area (Å²) in [5, 5.41) is 17.5. The van der Waals surface area contributed by atoms with E-state index in [0.29, 0.717) is 70.5 Å². The van der Waals surface area contributed by atoms with E-state index >= 15 is 0 Å². The summed E-state index contributed by atoms with van der Waals surface area (Å²) in [7, 11) is 9.15. The number of hydrogen-bond donors (Lipinski definition) is 4. The van der Waals surface area contributed by atoms with Crippen LogP contribution in [0.3, 0.4) is 0 Å². The van der Waals surface area contributed by atoms with Gasteiger partial charge in [0.05, 0.1) is 78.5 Å². The van der Waals surface area contributed by atoms with E-state index in [-0.39, 0.29) is 62.1 Å². The van der Waals surface area contributed by atoms with Crippen LogP contribution in [-0.4, -0.2) is 194 Å². The number of anilines is 1. The van der Waals surface area contributed by atoms with Crippen LogP contribution in [0.4, 0.5) is 10.5 Å². The summed E-state index contributed by atoms with van der Waals surface area (Å²) in [6.45, 7) is 8.42. The number of likely N-dealkylation sites (N-methyl/N-ethyl adjacent to an activating group) is 1. The smallest absolute Gasteiger partial charge is 0.410 e. The van der Waals surface area contributed by atoms with Gasteiger partial charge in [-0.2, -0.15) is 0 Å². The maximum atomic E-state index is 14.4. The SMILES string of the molecule is COc1cc2cc(c1Cl)N(C)C(=O)C[C@H](OC(=O)[C@H](N)N(C)C(=O)CCCC(=O)NCCOCCOCCOCCOCCC(=O)N(C)C)C1(C)O[C@H]1[C@@]1(C)C[C@]13C[C@@](O)(NC(=O)O3)[C@H](OC)/C=C/C=C(\C)C2. The van der Waals surface area contributed by atoms with Gasteiger partial charge < -0.3 is 73.5 Å². The number of nitrogens with one attached hydrogen (secondary N) is 2. The van der Waals surface area contributed by atoms with Crippen molar-refractivity contribution in [1.29, 1.82) is 0 Å². The number of epoxide rings is 1. The molecule has 3 aliphatic heterocycles. The normalized spacial score (nSPS) is 28.2. The molecule has 5 amide bonds. The monoisotopic (exact) mass is 1050 g/mol. The number of aliphatic hydroxyl groups is 1. The summed E-state index contributed by atoms with van der Waals surface area (Å²) in [6.07, 6.45) is 0.311. The molecule has 2 saturated heterocycles. The Morgan fingerprint density at radius 1 is 0.945 bits per heavy atom. The van der Waals surface area contributed by atoms with Crippen molar-refractivity contribution in [3.63, 3.8) is 0 Å². The quantitative estimate of drug-likeness (QED) is 0.0501. The molecule has 1 aromatic carbocycles. The molecule has 73 heavy (non-hydrogen) atoms. The van der Waals surface area contributed by atoms with E-state index in [9.17, 15) is 33.9 Å². The summed E-state index contributed by atoms with van der Waals surface area (Å²) < 4.78 is 51.5. The second kappa shape index (κ2) is 26.0. The summed E-state index contributed by atoms with van der Waals surface area (Å²) in [5.74, 6) is -2.02. The number of methoxy groups -OCH3 is 2. The molecule has 0 aromatic heterocycles. The van der Waals surface area contributed by atoms with E-state index in [2.05, 4.69) is 10.6 Å². The number of carbonyl (C=O) groups excluding carboxylic acids is 6. The fraction of sp³-hybridized carbons (Fsp3) is 0.680. The highest BCUT2D eigenvalue weighted by atomic mass is 35.5. The summed E-state index contributed by atoms with van der Waals surface area (Å²) in [5.41, 5.74) is 2.97. The Hall–Kier alpha value is -4.91. The number of rotatable bonds is 24. The van der Waals surface area contributed by atoms with Crippen molar-refractivity contribution >= 4 is 53.0 Å². The zero-order valence-corrected chi connectivity index (χ0v) is 44.3. The molecule has 1 aromatic rings. The van der Waals surface area contributed by atoms with Gasteiger partial charge in [0.2, 0.25) is 23.6 Å². The van der Waals surface area contributed by atoms with Crippen molar-refractivity contribution in [2.75, 3.05) is 107 Å². The van der Waals surface area contributed by atoms with E-state index in [1.54, 1.807) is 45.3 Å². The highest BCUT2D eigenvalue weighted by Crippen LogP contribution is 2.72. The maximum Gasteiger partial charge on any atom is 0.410 e. The standard InChI is InChI=1S/C50H75ClN6O16/c1-32-12-10-13-36(66-9)50(64)31-49(73-46(63)54-50)30-47(49,2)45-48(3,72-45)37(29-41(61)56(6)34-27-33(26-32)28-35(65-8)42(34)51)71-44(62)43(52)57(7)40(60)15-11-14-38(58)53-17-19-68-21-23-70-25-24-69-22-20-67-18-16-39(59)55(4)5/h10,12-13,27-28,36-37,43,45,64H,11,14-26,29-31,52H2,1-9H3,(H,53,58)(H,54,63)/b13-10+,32-12+/t36-,37+,43-,45+,47-,48?,49+,50+/m1/s1. The number of ether oxygens (including phenoxy) is 9. The van der Waals surface area contributed by atoms with Gasteiger partial charge in [0, 0.05) is 66.5 Å². The van der Waals surface area contributed by atoms with Crippen LogP contribution in [0.1, 0.15) is 71.3 Å². The first kappa shape index (κ1) is 59.0. The van der Waals surface area contributed by atoms with Gasteiger partial charge in [0.15, 0.2) is 11.9 Å². The number of nitrogens with zero attached hydrogens (tertiary/aromatic N) is 3. The van der Waals surface area contributed by atoms with Crippen molar-refractivity contribution in [1.82, 2.24) is 20.4 Å². The average molecular weight is 1050 g/mol. The lowest BCUT2D eigenvalue weighted by atomic mass is 9.83. The molecule has 3 heterocycles. The fourth-order valence-electron chi connectivity index (χ4n) is 9.25. The molecule has 5 rings (SSSR count). The Morgan fingerprint density at radius 3 is 2.22 bits per heavy atom. The second-order valence-corrected chi connectivity index (χ2v) is 19.8. The Morgan fingerprint density at radius 2 is 1.59 bits per heavy atom. The molecule has 1 saturated carbocycles. The molecular formula is C50H75ClN6O16. The molecule has 23 heteroatoms. The highest BCUT2D eigenvalue weighted by molar-refractivity contribution is 6.35. The van der Waals surface area contributed by atoms with Crippen molar-refractivity contribution in [3.05, 3.63) is 46.5 Å². The van der Waals surface area contributed by atoms with Gasteiger partial charge in [0.25, 0.3) is 0 Å². The third-order valence-electron chi connectivity index (χ3n) is 13.8. The molecule has 1 aliphatic carbocycles. The predicted octanol–water partition coefficient (Wildman–Crippen LogP) is 2.39. The molecule has 4 aliphatic rings. The molecule has 5 N–H and O–H groups in total. The number of nitrogens with two attached hydrogens (primary N) is 1. The third-order valence-corrected chi connectivity index (χ3v) is 14.2. The first-order valence-corrected chi connectivity index (χ1v) is 24.8. The van der Waals surface area contributed by atoms with Gasteiger partial charge in [-0.25, -0.2) is 9.59 Å². The van der Waals surface area contributed by atoms with Crippen LogP contribution in [0.2, 0.25) is 5.02 Å². The van der Waals surface area contributed by atoms with Crippen LogP contribution in [0, 0.1) is 5.41 Å². The number of allylic oxidation sites excluding steroid dienone is 3. The van der Waals surface area contributed by atoms with E-state index in [0.717, 1.165) is 16.0 Å². The molecule has 3 fully saturated rings. The van der Waals surface area contributed by atoms with Crippen LogP contribution in [-0.2, 0) is 68.3 Å². The molecule has 1 unspecified atom stereocenters. The van der Waals surface area contributed by atoms with Gasteiger partial charge in [-0.05, 0) is 50.8 Å². The lowest BCUT2D eigenvalue weighted by Crippen LogP contribution is -2.64. The lowest BCUT2D eigenvalue weighted by molar-refractivity contribution is -0.162. The van der Waals surface area contributed by atoms with E-state index < -0.39 is 77.1 Å². The number of hydrogen-bond acceptors (Lipinski definition) is 17. The predicted molar refractivity (Wildman–Crippen MR) is 265 cm³/mol. The maximum absolute atomic E-state index is 14.4. The second-order valence-electron chi connectivity index (χ2n) is 19.5.